The molecule has 0 saturated heterocycles. The molecule has 0 aromatic carbocycles. The van der Waals surface area contributed by atoms with Crippen LogP contribution in [0.3, 0.4) is 0 Å². The van der Waals surface area contributed by atoms with Crippen molar-refractivity contribution < 1.29 is 5.11 Å². The van der Waals surface area contributed by atoms with Crippen LogP contribution < -0.4 is 0 Å². The van der Waals surface area contributed by atoms with Crippen LogP contribution in [0.1, 0.15) is 31.3 Å². The van der Waals surface area contributed by atoms with Gasteiger partial charge in [-0.1, -0.05) is 32.1 Å². The zero-order valence-electron chi connectivity index (χ0n) is 7.30. The van der Waals surface area contributed by atoms with Crippen LogP contribution in [0.4, 0.5) is 0 Å². The maximum Gasteiger partial charge on any atom is 0.271 e. The fraction of sp³-hybridized carbons (Fsp3) is 0.625. The average molecular weight is 171 g/mol. The summed E-state index contributed by atoms with van der Waals surface area (Å²) in [5, 5.41) is 9.28. The van der Waals surface area contributed by atoms with Crippen LogP contribution in [0.25, 0.3) is 0 Å². The van der Waals surface area contributed by atoms with Crippen LogP contribution in [0.2, 0.25) is 0 Å². The number of aromatic hydroxyl groups is 1. The first-order valence-corrected chi connectivity index (χ1v) is 4.40. The molecule has 0 bridgehead atoms. The van der Waals surface area contributed by atoms with Gasteiger partial charge in [0.1, 0.15) is 0 Å². The Kier molecular flexibility index (Phi) is 1.92. The van der Waals surface area contributed by atoms with Crippen LogP contribution >= 0.6 is 11.3 Å². The van der Waals surface area contributed by atoms with Crippen molar-refractivity contribution in [1.82, 2.24) is 4.98 Å². The predicted octanol–water partition coefficient (Wildman–Crippen LogP) is 2.45. The number of hydrogen-bond acceptors (Lipinski definition) is 3. The number of aryl methyl sites for hydroxylation is 1. The maximum atomic E-state index is 9.10. The SMILES string of the molecule is Cc1nc(O)sc1C(C)(C)C. The van der Waals surface area contributed by atoms with Crippen LogP contribution in [0, 0.1) is 6.92 Å². The molecule has 0 radical (unpaired) electrons. The van der Waals surface area contributed by atoms with E-state index in [9.17, 15) is 0 Å². The summed E-state index contributed by atoms with van der Waals surface area (Å²) in [4.78, 5) is 5.11. The highest BCUT2D eigenvalue weighted by atomic mass is 32.1. The van der Waals surface area contributed by atoms with Crippen molar-refractivity contribution in [3.63, 3.8) is 0 Å². The second-order valence-electron chi connectivity index (χ2n) is 3.66. The van der Waals surface area contributed by atoms with Gasteiger partial charge in [0.25, 0.3) is 5.19 Å². The Balaban J connectivity index is 3.13. The van der Waals surface area contributed by atoms with Gasteiger partial charge in [-0.3, -0.25) is 0 Å². The van der Waals surface area contributed by atoms with Gasteiger partial charge in [0.2, 0.25) is 0 Å². The number of aromatic nitrogens is 1. The lowest BCUT2D eigenvalue weighted by Crippen LogP contribution is -2.10. The summed E-state index contributed by atoms with van der Waals surface area (Å²) >= 11 is 1.37. The van der Waals surface area contributed by atoms with Crippen LogP contribution in [-0.2, 0) is 5.41 Å². The Bertz CT molecular complexity index is 260. The van der Waals surface area contributed by atoms with E-state index in [4.69, 9.17) is 5.11 Å². The van der Waals surface area contributed by atoms with Gasteiger partial charge in [-0.15, -0.1) is 0 Å². The zero-order valence-corrected chi connectivity index (χ0v) is 8.12. The third-order valence-electron chi connectivity index (χ3n) is 1.47. The second kappa shape index (κ2) is 2.48. The molecule has 0 spiro atoms. The molecule has 0 fully saturated rings. The highest BCUT2D eigenvalue weighted by molar-refractivity contribution is 7.13. The van der Waals surface area contributed by atoms with Crippen molar-refractivity contribution in [2.75, 3.05) is 0 Å². The molecule has 2 nitrogen and oxygen atoms in total. The summed E-state index contributed by atoms with van der Waals surface area (Å²) in [7, 11) is 0. The molecule has 1 heterocycles. The Morgan fingerprint density at radius 1 is 1.36 bits per heavy atom. The first-order valence-electron chi connectivity index (χ1n) is 3.58. The second-order valence-corrected chi connectivity index (χ2v) is 4.64. The minimum absolute atomic E-state index is 0.0999. The third kappa shape index (κ3) is 1.71. The van der Waals surface area contributed by atoms with Crippen LogP contribution in [-0.4, -0.2) is 10.1 Å². The topological polar surface area (TPSA) is 33.1 Å². The third-order valence-corrected chi connectivity index (χ3v) is 2.85. The molecule has 0 amide bonds. The molecule has 0 saturated carbocycles. The highest BCUT2D eigenvalue weighted by Gasteiger charge is 2.20. The highest BCUT2D eigenvalue weighted by Crippen LogP contribution is 2.33. The van der Waals surface area contributed by atoms with Gasteiger partial charge in [0, 0.05) is 4.88 Å². The molecule has 62 valence electrons. The normalized spacial score (nSPS) is 12.0. The standard InChI is InChI=1S/C8H13NOS/c1-5-6(8(2,3)4)11-7(10)9-5/h1-4H3,(H,9,10). The molecule has 1 rings (SSSR count). The molecule has 11 heavy (non-hydrogen) atoms. The van der Waals surface area contributed by atoms with Crippen molar-refractivity contribution in [3.8, 4) is 5.19 Å². The van der Waals surface area contributed by atoms with Crippen molar-refractivity contribution in [1.29, 1.82) is 0 Å². The van der Waals surface area contributed by atoms with Crippen molar-refractivity contribution >= 4 is 11.3 Å². The Morgan fingerprint density at radius 2 is 1.91 bits per heavy atom. The molecule has 1 aromatic heterocycles. The van der Waals surface area contributed by atoms with Crippen LogP contribution in [0.5, 0.6) is 5.19 Å². The smallest absolute Gasteiger partial charge is 0.271 e. The summed E-state index contributed by atoms with van der Waals surface area (Å²) in [6.07, 6.45) is 0. The minimum Gasteiger partial charge on any atom is -0.486 e. The molecular formula is C8H13NOS. The maximum absolute atomic E-state index is 9.10. The van der Waals surface area contributed by atoms with Gasteiger partial charge in [0.05, 0.1) is 5.69 Å². The van der Waals surface area contributed by atoms with E-state index in [-0.39, 0.29) is 10.6 Å². The quantitative estimate of drug-likeness (QED) is 0.650. The molecule has 0 aliphatic rings. The summed E-state index contributed by atoms with van der Waals surface area (Å²) in [5.41, 5.74) is 1.04. The number of rotatable bonds is 0. The largest absolute Gasteiger partial charge is 0.486 e. The van der Waals surface area contributed by atoms with E-state index < -0.39 is 0 Å². The van der Waals surface area contributed by atoms with Crippen molar-refractivity contribution in [2.24, 2.45) is 0 Å². The molecule has 0 atom stereocenters. The number of thiazole rings is 1. The van der Waals surface area contributed by atoms with E-state index >= 15 is 0 Å². The molecule has 1 N–H and O–H groups in total. The van der Waals surface area contributed by atoms with Gasteiger partial charge in [-0.05, 0) is 12.3 Å². The number of nitrogens with zero attached hydrogens (tertiary/aromatic N) is 1. The van der Waals surface area contributed by atoms with Gasteiger partial charge in [0.15, 0.2) is 0 Å². The fourth-order valence-electron chi connectivity index (χ4n) is 1.08. The molecule has 0 unspecified atom stereocenters. The summed E-state index contributed by atoms with van der Waals surface area (Å²) in [6.45, 7) is 8.28. The zero-order chi connectivity index (χ0) is 8.65. The predicted molar refractivity (Wildman–Crippen MR) is 47.2 cm³/mol. The monoisotopic (exact) mass is 171 g/mol. The first kappa shape index (κ1) is 8.53. The van der Waals surface area contributed by atoms with E-state index in [1.165, 1.54) is 11.3 Å². The lowest BCUT2D eigenvalue weighted by Gasteiger charge is -2.15. The summed E-state index contributed by atoms with van der Waals surface area (Å²) in [5.74, 6) is 0. The fourth-order valence-corrected chi connectivity index (χ4v) is 1.94. The van der Waals surface area contributed by atoms with E-state index in [2.05, 4.69) is 25.8 Å². The Labute approximate surface area is 70.9 Å². The lowest BCUT2D eigenvalue weighted by atomic mass is 9.94. The van der Waals surface area contributed by atoms with Crippen molar-refractivity contribution in [2.45, 2.75) is 33.1 Å². The van der Waals surface area contributed by atoms with Gasteiger partial charge >= 0.3 is 0 Å². The van der Waals surface area contributed by atoms with Crippen LogP contribution in [0.15, 0.2) is 0 Å². The van der Waals surface area contributed by atoms with E-state index in [0.29, 0.717) is 0 Å². The molecule has 0 aliphatic heterocycles. The first-order chi connectivity index (χ1) is 4.91. The molecular weight excluding hydrogens is 158 g/mol. The van der Waals surface area contributed by atoms with E-state index in [0.717, 1.165) is 10.6 Å². The minimum atomic E-state index is 0.0999. The van der Waals surface area contributed by atoms with Gasteiger partial charge in [-0.25, -0.2) is 4.98 Å². The van der Waals surface area contributed by atoms with Gasteiger partial charge < -0.3 is 5.11 Å². The van der Waals surface area contributed by atoms with E-state index in [1.807, 2.05) is 6.92 Å². The molecule has 0 aliphatic carbocycles. The molecule has 3 heteroatoms. The number of hydrogen-bond donors (Lipinski definition) is 1. The van der Waals surface area contributed by atoms with E-state index in [1.54, 1.807) is 0 Å². The summed E-state index contributed by atoms with van der Waals surface area (Å²) in [6, 6.07) is 0. The average Bonchev–Trinajstić information content (AvgIpc) is 2.08. The Morgan fingerprint density at radius 3 is 2.09 bits per heavy atom. The summed E-state index contributed by atoms with van der Waals surface area (Å²) < 4.78 is 0. The Hall–Kier alpha value is -0.570. The molecule has 1 aromatic rings. The van der Waals surface area contributed by atoms with Gasteiger partial charge in [-0.2, -0.15) is 0 Å². The van der Waals surface area contributed by atoms with Crippen molar-refractivity contribution in [3.05, 3.63) is 10.6 Å². The lowest BCUT2D eigenvalue weighted by molar-refractivity contribution is 0.470.